The van der Waals surface area contributed by atoms with E-state index < -0.39 is 0 Å². The fourth-order valence-electron chi connectivity index (χ4n) is 3.41. The minimum atomic E-state index is 1.05. The van der Waals surface area contributed by atoms with Crippen LogP contribution in [0.3, 0.4) is 0 Å². The average Bonchev–Trinajstić information content (AvgIpc) is 2.70. The first-order valence-corrected chi connectivity index (χ1v) is 12.7. The Kier molecular flexibility index (Phi) is 18.7. The molecule has 0 bridgehead atoms. The second-order valence-electron chi connectivity index (χ2n) is 9.86. The van der Waals surface area contributed by atoms with Gasteiger partial charge in [-0.2, -0.15) is 0 Å². The highest BCUT2D eigenvalue weighted by Gasteiger charge is 1.93. The first-order valence-electron chi connectivity index (χ1n) is 12.7. The fourth-order valence-corrected chi connectivity index (χ4v) is 3.41. The molecular weight excluding hydrogens is 384 g/mol. The van der Waals surface area contributed by atoms with Crippen LogP contribution < -0.4 is 0 Å². The molecule has 0 unspecified atom stereocenters. The van der Waals surface area contributed by atoms with Crippen molar-refractivity contribution in [1.29, 1.82) is 0 Å². The highest BCUT2D eigenvalue weighted by molar-refractivity contribution is 5.09. The smallest absolute Gasteiger partial charge is 0.0166 e. The Bertz CT molecular complexity index is 643. The number of rotatable bonds is 16. The Labute approximate surface area is 201 Å². The zero-order valence-electron chi connectivity index (χ0n) is 22.7. The van der Waals surface area contributed by atoms with Gasteiger partial charge in [-0.1, -0.05) is 82.0 Å². The molecule has 0 aromatic rings. The van der Waals surface area contributed by atoms with Crippen molar-refractivity contribution in [2.24, 2.45) is 0 Å². The van der Waals surface area contributed by atoms with Gasteiger partial charge in [0, 0.05) is 0 Å². The summed E-state index contributed by atoms with van der Waals surface area (Å²) in [6.45, 7) is 17.8. The van der Waals surface area contributed by atoms with E-state index in [-0.39, 0.29) is 0 Å². The molecule has 0 radical (unpaired) electrons. The second-order valence-corrected chi connectivity index (χ2v) is 9.86. The van der Waals surface area contributed by atoms with Crippen LogP contribution in [-0.4, -0.2) is 0 Å². The van der Waals surface area contributed by atoms with Gasteiger partial charge in [0.05, 0.1) is 0 Å². The van der Waals surface area contributed by atoms with E-state index in [1.165, 1.54) is 72.0 Å². The van der Waals surface area contributed by atoms with Crippen molar-refractivity contribution in [3.05, 3.63) is 82.0 Å². The van der Waals surface area contributed by atoms with E-state index in [4.69, 9.17) is 0 Å². The summed E-state index contributed by atoms with van der Waals surface area (Å²) in [5.41, 5.74) is 8.88. The van der Waals surface area contributed by atoms with Gasteiger partial charge in [-0.05, 0) is 120 Å². The molecule has 32 heavy (non-hydrogen) atoms. The van der Waals surface area contributed by atoms with Crippen LogP contribution in [0, 0.1) is 0 Å². The Morgan fingerprint density at radius 2 is 0.656 bits per heavy atom. The van der Waals surface area contributed by atoms with E-state index in [0.717, 1.165) is 25.7 Å². The molecule has 180 valence electrons. The third-order valence-electron chi connectivity index (χ3n) is 5.62. The minimum Gasteiger partial charge on any atom is -0.0856 e. The van der Waals surface area contributed by atoms with Crippen molar-refractivity contribution in [3.63, 3.8) is 0 Å². The van der Waals surface area contributed by atoms with Crippen LogP contribution >= 0.6 is 0 Å². The zero-order chi connectivity index (χ0) is 24.2. The zero-order valence-corrected chi connectivity index (χ0v) is 22.7. The molecule has 0 aliphatic rings. The normalized spacial score (nSPS) is 13.6. The summed E-state index contributed by atoms with van der Waals surface area (Å²) < 4.78 is 0. The van der Waals surface area contributed by atoms with Crippen molar-refractivity contribution in [3.8, 4) is 0 Å². The number of hydrogen-bond acceptors (Lipinski definition) is 0. The predicted molar refractivity (Wildman–Crippen MR) is 149 cm³/mol. The Morgan fingerprint density at radius 1 is 0.375 bits per heavy atom. The fraction of sp³-hybridized carbons (Fsp3) is 0.562. The van der Waals surface area contributed by atoms with E-state index in [1.54, 1.807) is 0 Å². The maximum atomic E-state index is 2.42. The number of hydrogen-bond donors (Lipinski definition) is 0. The quantitative estimate of drug-likeness (QED) is 0.211. The second kappa shape index (κ2) is 19.8. The average molecular weight is 437 g/mol. The summed E-state index contributed by atoms with van der Waals surface area (Å²) in [5, 5.41) is 0. The van der Waals surface area contributed by atoms with Crippen LogP contribution in [0.4, 0.5) is 0 Å². The maximum Gasteiger partial charge on any atom is -0.0166 e. The summed E-state index contributed by atoms with van der Waals surface area (Å²) in [7, 11) is 0. The first-order chi connectivity index (χ1) is 15.2. The van der Waals surface area contributed by atoms with Crippen molar-refractivity contribution in [2.75, 3.05) is 0 Å². The van der Waals surface area contributed by atoms with Gasteiger partial charge in [0.1, 0.15) is 0 Å². The molecule has 0 aromatic carbocycles. The van der Waals surface area contributed by atoms with Crippen LogP contribution in [0.2, 0.25) is 0 Å². The van der Waals surface area contributed by atoms with E-state index in [9.17, 15) is 0 Å². The molecule has 0 saturated carbocycles. The van der Waals surface area contributed by atoms with Crippen LogP contribution in [0.25, 0.3) is 0 Å². The molecule has 0 aromatic heterocycles. The van der Waals surface area contributed by atoms with Crippen molar-refractivity contribution >= 4 is 0 Å². The van der Waals surface area contributed by atoms with E-state index >= 15 is 0 Å². The maximum absolute atomic E-state index is 2.42. The molecule has 0 aliphatic heterocycles. The minimum absolute atomic E-state index is 1.05. The molecule has 0 rings (SSSR count). The molecule has 0 amide bonds. The first kappa shape index (κ1) is 30.2. The lowest BCUT2D eigenvalue weighted by molar-refractivity contribution is 0.914. The molecule has 0 aliphatic carbocycles. The van der Waals surface area contributed by atoms with Gasteiger partial charge in [0.2, 0.25) is 0 Å². The summed E-state index contributed by atoms with van der Waals surface area (Å²) in [5.74, 6) is 0. The van der Waals surface area contributed by atoms with E-state index in [2.05, 4.69) is 104 Å². The largest absolute Gasteiger partial charge is 0.0856 e. The van der Waals surface area contributed by atoms with Crippen LogP contribution in [-0.2, 0) is 0 Å². The SMILES string of the molecule is CC(C)=CCC/C(C)=C/CC/C(C)=C/C/C=C/C/C=C(\C)CC/C=C(\C)CCC=C(C)C. The van der Waals surface area contributed by atoms with Gasteiger partial charge in [-0.25, -0.2) is 0 Å². The van der Waals surface area contributed by atoms with Gasteiger partial charge < -0.3 is 0 Å². The van der Waals surface area contributed by atoms with Gasteiger partial charge in [0.25, 0.3) is 0 Å². The molecule has 0 heteroatoms. The van der Waals surface area contributed by atoms with E-state index in [1.807, 2.05) is 0 Å². The third kappa shape index (κ3) is 21.4. The summed E-state index contributed by atoms with van der Waals surface area (Å²) in [4.78, 5) is 0. The molecule has 0 saturated heterocycles. The van der Waals surface area contributed by atoms with Crippen molar-refractivity contribution in [2.45, 2.75) is 120 Å². The molecular formula is C32H52. The summed E-state index contributed by atoms with van der Waals surface area (Å²) in [6, 6.07) is 0. The molecule has 0 N–H and O–H groups in total. The highest BCUT2D eigenvalue weighted by atomic mass is 14.0. The molecule has 0 nitrogen and oxygen atoms in total. The Hall–Kier alpha value is -1.82. The van der Waals surface area contributed by atoms with Crippen molar-refractivity contribution in [1.82, 2.24) is 0 Å². The van der Waals surface area contributed by atoms with Crippen LogP contribution in [0.5, 0.6) is 0 Å². The lowest BCUT2D eigenvalue weighted by Crippen LogP contribution is -1.81. The molecule has 0 atom stereocenters. The summed E-state index contributed by atoms with van der Waals surface area (Å²) >= 11 is 0. The van der Waals surface area contributed by atoms with Gasteiger partial charge in [-0.15, -0.1) is 0 Å². The Morgan fingerprint density at radius 3 is 0.969 bits per heavy atom. The topological polar surface area (TPSA) is 0 Å². The number of allylic oxidation sites excluding steroid dienone is 14. The van der Waals surface area contributed by atoms with E-state index in [0.29, 0.717) is 0 Å². The predicted octanol–water partition coefficient (Wildman–Crippen LogP) is 11.2. The molecule has 0 fully saturated rings. The van der Waals surface area contributed by atoms with Crippen molar-refractivity contribution < 1.29 is 0 Å². The van der Waals surface area contributed by atoms with Gasteiger partial charge in [0.15, 0.2) is 0 Å². The van der Waals surface area contributed by atoms with Gasteiger partial charge >= 0.3 is 0 Å². The summed E-state index contributed by atoms with van der Waals surface area (Å²) in [6.07, 6.45) is 30.4. The highest BCUT2D eigenvalue weighted by Crippen LogP contribution is 2.13. The molecule has 0 spiro atoms. The van der Waals surface area contributed by atoms with Crippen LogP contribution in [0.15, 0.2) is 82.0 Å². The monoisotopic (exact) mass is 436 g/mol. The molecule has 0 heterocycles. The Balaban J connectivity index is 4.06. The lowest BCUT2D eigenvalue weighted by atomic mass is 10.1. The standard InChI is InChI=1S/C32H52/c1-27(2)17-13-21-31(7)25-15-23-29(5)19-11-9-10-12-20-30(6)24-16-26-32(8)22-14-18-28(3)4/h9-10,17-20,25-26H,11-16,21-24H2,1-8H3/b10-9+,29-19+,30-20+,31-25+,32-26+. The van der Waals surface area contributed by atoms with Gasteiger partial charge in [-0.3, -0.25) is 0 Å². The lowest BCUT2D eigenvalue weighted by Gasteiger charge is -2.01. The third-order valence-corrected chi connectivity index (χ3v) is 5.62. The van der Waals surface area contributed by atoms with Crippen LogP contribution in [0.1, 0.15) is 120 Å².